The van der Waals surface area contributed by atoms with Gasteiger partial charge in [-0.15, -0.1) is 10.2 Å². The Kier molecular flexibility index (Phi) is 9.83. The lowest BCUT2D eigenvalue weighted by molar-refractivity contribution is -0.277. The van der Waals surface area contributed by atoms with E-state index in [4.69, 9.17) is 18.6 Å². The third-order valence-electron chi connectivity index (χ3n) is 7.25. The molecular formula is C30H38F6N4O7. The summed E-state index contributed by atoms with van der Waals surface area (Å²) >= 11 is 0. The molecule has 11 nitrogen and oxygen atoms in total. The van der Waals surface area contributed by atoms with E-state index in [-0.39, 0.29) is 36.5 Å². The third kappa shape index (κ3) is 8.84. The molecule has 1 aliphatic carbocycles. The van der Waals surface area contributed by atoms with Gasteiger partial charge in [0.15, 0.2) is 5.69 Å². The van der Waals surface area contributed by atoms with E-state index < -0.39 is 88.5 Å². The van der Waals surface area contributed by atoms with Crippen LogP contribution < -0.4 is 9.64 Å². The van der Waals surface area contributed by atoms with E-state index in [1.54, 1.807) is 0 Å². The monoisotopic (exact) mass is 680 g/mol. The zero-order valence-electron chi connectivity index (χ0n) is 26.8. The number of nitrogens with zero attached hydrogens (tertiary/aromatic N) is 4. The van der Waals surface area contributed by atoms with Gasteiger partial charge in [0.2, 0.25) is 11.5 Å². The zero-order chi connectivity index (χ0) is 35.2. The molecule has 0 radical (unpaired) electrons. The quantitative estimate of drug-likeness (QED) is 0.317. The van der Waals surface area contributed by atoms with Gasteiger partial charge in [0, 0.05) is 0 Å². The molecule has 17 heteroatoms. The van der Waals surface area contributed by atoms with E-state index in [0.717, 1.165) is 12.8 Å². The Morgan fingerprint density at radius 1 is 0.936 bits per heavy atom. The first kappa shape index (κ1) is 36.2. The Morgan fingerprint density at radius 2 is 1.53 bits per heavy atom. The number of carbonyl (C=O) groups excluding carboxylic acids is 2. The Hall–Kier alpha value is -3.63. The lowest BCUT2D eigenvalue weighted by atomic mass is 9.94. The molecule has 1 fully saturated rings. The Morgan fingerprint density at radius 3 is 2.04 bits per heavy atom. The minimum Gasteiger partial charge on any atom is -0.474 e. The summed E-state index contributed by atoms with van der Waals surface area (Å²) in [4.78, 5) is 31.0. The number of aliphatic hydroxyl groups is 1. The van der Waals surface area contributed by atoms with Crippen molar-refractivity contribution in [2.75, 3.05) is 4.90 Å². The molecule has 2 aliphatic rings. The largest absolute Gasteiger partial charge is 0.474 e. The molecular weight excluding hydrogens is 642 g/mol. The molecule has 262 valence electrons. The van der Waals surface area contributed by atoms with Crippen molar-refractivity contribution in [1.29, 1.82) is 0 Å². The molecule has 2 atom stereocenters. The lowest BCUT2D eigenvalue weighted by Gasteiger charge is -2.30. The molecule has 4 rings (SSSR count). The molecule has 1 N–H and O–H groups in total. The number of carbonyl (C=O) groups is 2. The zero-order valence-corrected chi connectivity index (χ0v) is 26.8. The highest BCUT2D eigenvalue weighted by atomic mass is 19.4. The average molecular weight is 681 g/mol. The molecule has 3 heterocycles. The molecule has 4 bridgehead atoms. The van der Waals surface area contributed by atoms with Gasteiger partial charge in [0.05, 0.1) is 5.69 Å². The van der Waals surface area contributed by atoms with Gasteiger partial charge in [-0.1, -0.05) is 19.3 Å². The topological polar surface area (TPSA) is 137 Å². The van der Waals surface area contributed by atoms with Crippen LogP contribution in [0.4, 0.5) is 41.6 Å². The minimum atomic E-state index is -5.29. The van der Waals surface area contributed by atoms with Crippen LogP contribution in [0, 0.1) is 5.92 Å². The van der Waals surface area contributed by atoms with Crippen molar-refractivity contribution >= 4 is 17.9 Å². The number of alkyl halides is 6. The standard InChI is InChI=1S/C30H38F6N4O7/c1-26(2,3)46-24(41)40(25(42)47-27(4,5)6)19-15-18(29(31,32)33)21-37-20(19)22-38-39-23(45-22)28(43,30(34,35)36)13-9-7-8-10-17(44-21)14-16-11-12-16/h15-17,43H,7-14H2,1-6H3. The number of pyridine rings is 1. The number of anilines is 1. The van der Waals surface area contributed by atoms with Crippen LogP contribution in [0.3, 0.4) is 0 Å². The van der Waals surface area contributed by atoms with Crippen molar-refractivity contribution in [2.45, 2.75) is 128 Å². The fourth-order valence-electron chi connectivity index (χ4n) is 4.89. The van der Waals surface area contributed by atoms with Crippen molar-refractivity contribution in [1.82, 2.24) is 15.2 Å². The first-order chi connectivity index (χ1) is 21.5. The lowest BCUT2D eigenvalue weighted by Crippen LogP contribution is -2.44. The van der Waals surface area contributed by atoms with Gasteiger partial charge in [-0.05, 0) is 85.6 Å². The fraction of sp³-hybridized carbons (Fsp3) is 0.700. The summed E-state index contributed by atoms with van der Waals surface area (Å²) in [5.41, 5.74) is -9.43. The number of rotatable bonds is 3. The van der Waals surface area contributed by atoms with Crippen LogP contribution in [0.5, 0.6) is 5.88 Å². The minimum absolute atomic E-state index is 0.114. The maximum Gasteiger partial charge on any atom is 0.426 e. The third-order valence-corrected chi connectivity index (χ3v) is 7.25. The molecule has 0 saturated heterocycles. The van der Waals surface area contributed by atoms with Crippen LogP contribution in [0.25, 0.3) is 11.6 Å². The molecule has 2 aromatic heterocycles. The second-order valence-corrected chi connectivity index (χ2v) is 13.8. The highest BCUT2D eigenvalue weighted by Crippen LogP contribution is 2.46. The number of aromatic nitrogens is 3. The number of fused-ring (bicyclic) bond motifs is 5. The molecule has 0 aromatic carbocycles. The number of ether oxygens (including phenoxy) is 3. The fourth-order valence-corrected chi connectivity index (χ4v) is 4.89. The van der Waals surface area contributed by atoms with Crippen molar-refractivity contribution in [2.24, 2.45) is 5.92 Å². The summed E-state index contributed by atoms with van der Waals surface area (Å²) in [6.07, 6.45) is -12.5. The Labute approximate surface area is 267 Å². The van der Waals surface area contributed by atoms with E-state index in [1.165, 1.54) is 41.5 Å². The number of hydrogen-bond donors (Lipinski definition) is 1. The number of imide groups is 1. The van der Waals surface area contributed by atoms with Crippen LogP contribution in [-0.4, -0.2) is 56.0 Å². The van der Waals surface area contributed by atoms with Crippen molar-refractivity contribution in [3.05, 3.63) is 17.5 Å². The second kappa shape index (κ2) is 12.8. The molecule has 2 unspecified atom stereocenters. The summed E-state index contributed by atoms with van der Waals surface area (Å²) in [7, 11) is 0. The van der Waals surface area contributed by atoms with Crippen LogP contribution in [0.15, 0.2) is 10.5 Å². The Balaban J connectivity index is 2.02. The smallest absolute Gasteiger partial charge is 0.426 e. The number of halogens is 6. The van der Waals surface area contributed by atoms with Gasteiger partial charge >= 0.3 is 24.5 Å². The first-order valence-corrected chi connectivity index (χ1v) is 15.2. The Bertz CT molecular complexity index is 1430. The summed E-state index contributed by atoms with van der Waals surface area (Å²) in [5.74, 6) is -3.03. The SMILES string of the molecule is CC(C)(C)OC(=O)N(C(=O)OC(C)(C)C)c1cc(C(F)(F)F)c2nc1-c1nnc(o1)C(O)(C(F)(F)F)CCCCCC(CC1CC1)O2. The van der Waals surface area contributed by atoms with Crippen molar-refractivity contribution in [3.8, 4) is 17.5 Å². The van der Waals surface area contributed by atoms with E-state index in [1.807, 2.05) is 0 Å². The van der Waals surface area contributed by atoms with E-state index in [2.05, 4.69) is 15.2 Å². The van der Waals surface area contributed by atoms with Crippen molar-refractivity contribution < 1.29 is 59.7 Å². The van der Waals surface area contributed by atoms with Gasteiger partial charge < -0.3 is 23.7 Å². The van der Waals surface area contributed by atoms with E-state index in [0.29, 0.717) is 12.5 Å². The number of amides is 2. The highest BCUT2D eigenvalue weighted by molar-refractivity contribution is 6.11. The van der Waals surface area contributed by atoms with Gasteiger partial charge in [0.1, 0.15) is 22.9 Å². The van der Waals surface area contributed by atoms with Crippen LogP contribution in [0.1, 0.15) is 104 Å². The normalized spacial score (nSPS) is 21.3. The molecule has 0 spiro atoms. The maximum atomic E-state index is 14.7. The van der Waals surface area contributed by atoms with E-state index in [9.17, 15) is 41.0 Å². The van der Waals surface area contributed by atoms with Crippen LogP contribution in [-0.2, 0) is 21.3 Å². The maximum absolute atomic E-state index is 14.7. The van der Waals surface area contributed by atoms with Gasteiger partial charge in [-0.3, -0.25) is 0 Å². The second-order valence-electron chi connectivity index (χ2n) is 13.8. The molecule has 47 heavy (non-hydrogen) atoms. The molecule has 1 saturated carbocycles. The molecule has 2 amide bonds. The predicted octanol–water partition coefficient (Wildman–Crippen LogP) is 8.09. The van der Waals surface area contributed by atoms with Gasteiger partial charge in [0.25, 0.3) is 11.8 Å². The van der Waals surface area contributed by atoms with Crippen LogP contribution >= 0.6 is 0 Å². The molecule has 1 aliphatic heterocycles. The van der Waals surface area contributed by atoms with Gasteiger partial charge in [-0.25, -0.2) is 14.6 Å². The summed E-state index contributed by atoms with van der Waals surface area (Å²) in [6.45, 7) is 8.59. The number of hydrogen-bond acceptors (Lipinski definition) is 10. The molecule has 2 aromatic rings. The average Bonchev–Trinajstić information content (AvgIpc) is 3.56. The summed E-state index contributed by atoms with van der Waals surface area (Å²) < 4.78 is 108. The highest BCUT2D eigenvalue weighted by Gasteiger charge is 2.58. The predicted molar refractivity (Wildman–Crippen MR) is 152 cm³/mol. The summed E-state index contributed by atoms with van der Waals surface area (Å²) in [5, 5.41) is 17.8. The van der Waals surface area contributed by atoms with Gasteiger partial charge in [-0.2, -0.15) is 31.2 Å². The van der Waals surface area contributed by atoms with Crippen LogP contribution in [0.2, 0.25) is 0 Å². The first-order valence-electron chi connectivity index (χ1n) is 15.2. The van der Waals surface area contributed by atoms with E-state index >= 15 is 0 Å². The van der Waals surface area contributed by atoms with Crippen molar-refractivity contribution in [3.63, 3.8) is 0 Å². The summed E-state index contributed by atoms with van der Waals surface area (Å²) in [6, 6.07) is 0.366.